The lowest BCUT2D eigenvalue weighted by atomic mass is 9.88. The van der Waals surface area contributed by atoms with Crippen LogP contribution in [0.4, 0.5) is 13.2 Å². The maximum absolute atomic E-state index is 13.3. The number of allylic oxidation sites excluding steroid dienone is 1. The summed E-state index contributed by atoms with van der Waals surface area (Å²) < 4.78 is 39.8. The third-order valence-electron chi connectivity index (χ3n) is 2.76. The summed E-state index contributed by atoms with van der Waals surface area (Å²) in [5.41, 5.74) is 0.725. The quantitative estimate of drug-likeness (QED) is 0.822. The van der Waals surface area contributed by atoms with Crippen molar-refractivity contribution in [3.05, 3.63) is 47.5 Å². The minimum Gasteiger partial charge on any atom is -0.286 e. The highest BCUT2D eigenvalue weighted by Crippen LogP contribution is 2.41. The molecule has 1 aromatic rings. The number of nitrogens with one attached hydrogen (secondary N) is 1. The van der Waals surface area contributed by atoms with E-state index >= 15 is 0 Å². The lowest BCUT2D eigenvalue weighted by Crippen LogP contribution is -2.51. The maximum Gasteiger partial charge on any atom is 0.420 e. The van der Waals surface area contributed by atoms with Crippen LogP contribution in [0, 0.1) is 0 Å². The Morgan fingerprint density at radius 3 is 2.33 bits per heavy atom. The van der Waals surface area contributed by atoms with Gasteiger partial charge in [0.1, 0.15) is 0 Å². The molecule has 1 aliphatic rings. The van der Waals surface area contributed by atoms with Crippen molar-refractivity contribution in [2.24, 2.45) is 5.10 Å². The summed E-state index contributed by atoms with van der Waals surface area (Å²) in [5, 5.41) is 3.51. The van der Waals surface area contributed by atoms with Crippen LogP contribution in [0.3, 0.4) is 0 Å². The van der Waals surface area contributed by atoms with E-state index in [1.54, 1.807) is 12.1 Å². The van der Waals surface area contributed by atoms with Crippen LogP contribution in [0.1, 0.15) is 11.1 Å². The summed E-state index contributed by atoms with van der Waals surface area (Å²) in [5.74, 6) is 0.265. The molecule has 0 spiro atoms. The zero-order valence-corrected chi connectivity index (χ0v) is 9.96. The van der Waals surface area contributed by atoms with Crippen LogP contribution >= 0.6 is 11.6 Å². The van der Waals surface area contributed by atoms with Crippen LogP contribution in [-0.2, 0) is 11.4 Å². The first kappa shape index (κ1) is 13.0. The van der Waals surface area contributed by atoms with E-state index in [2.05, 4.69) is 10.5 Å². The second-order valence-electron chi connectivity index (χ2n) is 3.89. The second-order valence-corrected chi connectivity index (χ2v) is 4.15. The third kappa shape index (κ3) is 2.10. The minimum absolute atomic E-state index is 0.0805. The van der Waals surface area contributed by atoms with Gasteiger partial charge in [0.25, 0.3) is 0 Å². The monoisotopic (exact) mass is 274 g/mol. The fourth-order valence-electron chi connectivity index (χ4n) is 1.75. The Kier molecular flexibility index (Phi) is 3.34. The van der Waals surface area contributed by atoms with Gasteiger partial charge in [0.2, 0.25) is 0 Å². The van der Waals surface area contributed by atoms with Crippen molar-refractivity contribution in [2.75, 3.05) is 0 Å². The standard InChI is InChI=1S/C12H10ClF3N2/c13-8-9-2-4-10(5-3-9)11(12(14,15)16)6-1-7-17-18-11/h1-7,18H,8H2. The van der Waals surface area contributed by atoms with E-state index in [0.717, 1.165) is 11.6 Å². The van der Waals surface area contributed by atoms with Crippen LogP contribution in [0.25, 0.3) is 0 Å². The topological polar surface area (TPSA) is 24.4 Å². The number of rotatable bonds is 2. The summed E-state index contributed by atoms with van der Waals surface area (Å²) in [4.78, 5) is 0. The van der Waals surface area contributed by atoms with Crippen LogP contribution in [0.2, 0.25) is 0 Å². The van der Waals surface area contributed by atoms with Gasteiger partial charge in [-0.05, 0) is 23.3 Å². The molecule has 1 heterocycles. The van der Waals surface area contributed by atoms with Crippen molar-refractivity contribution in [3.63, 3.8) is 0 Å². The SMILES string of the molecule is FC(F)(F)C1(c2ccc(CCl)cc2)C=CC=NN1. The summed E-state index contributed by atoms with van der Waals surface area (Å²) in [6, 6.07) is 5.96. The third-order valence-corrected chi connectivity index (χ3v) is 3.07. The van der Waals surface area contributed by atoms with Crippen molar-refractivity contribution in [3.8, 4) is 0 Å². The summed E-state index contributed by atoms with van der Waals surface area (Å²) in [6.07, 6.45) is -0.879. The Morgan fingerprint density at radius 2 is 1.89 bits per heavy atom. The normalized spacial score (nSPS) is 22.9. The largest absolute Gasteiger partial charge is 0.420 e. The van der Waals surface area contributed by atoms with E-state index in [1.165, 1.54) is 24.4 Å². The van der Waals surface area contributed by atoms with Gasteiger partial charge in [-0.1, -0.05) is 24.3 Å². The highest BCUT2D eigenvalue weighted by Gasteiger charge is 2.55. The fraction of sp³-hybridized carbons (Fsp3) is 0.250. The molecule has 2 nitrogen and oxygen atoms in total. The number of nitrogens with zero attached hydrogens (tertiary/aromatic N) is 1. The van der Waals surface area contributed by atoms with E-state index < -0.39 is 11.7 Å². The Labute approximate surface area is 107 Å². The molecule has 2 rings (SSSR count). The molecule has 1 aromatic carbocycles. The molecule has 0 amide bonds. The van der Waals surface area contributed by atoms with Gasteiger partial charge in [0.15, 0.2) is 5.54 Å². The molecule has 96 valence electrons. The molecule has 0 radical (unpaired) electrons. The molecule has 0 fully saturated rings. The molecule has 1 N–H and O–H groups in total. The average Bonchev–Trinajstić information content (AvgIpc) is 2.38. The zero-order chi connectivity index (χ0) is 13.2. The predicted molar refractivity (Wildman–Crippen MR) is 64.5 cm³/mol. The number of benzene rings is 1. The molecule has 0 aromatic heterocycles. The Bertz CT molecular complexity index is 479. The van der Waals surface area contributed by atoms with Crippen molar-refractivity contribution in [1.82, 2.24) is 5.43 Å². The first-order chi connectivity index (χ1) is 8.49. The number of hydrogen-bond donors (Lipinski definition) is 1. The zero-order valence-electron chi connectivity index (χ0n) is 9.21. The van der Waals surface area contributed by atoms with Crippen LogP contribution in [-0.4, -0.2) is 12.4 Å². The van der Waals surface area contributed by atoms with Crippen molar-refractivity contribution >= 4 is 17.8 Å². The molecule has 18 heavy (non-hydrogen) atoms. The van der Waals surface area contributed by atoms with Gasteiger partial charge in [0.05, 0.1) is 0 Å². The first-order valence-electron chi connectivity index (χ1n) is 5.20. The first-order valence-corrected chi connectivity index (χ1v) is 5.73. The lowest BCUT2D eigenvalue weighted by Gasteiger charge is -2.34. The Hall–Kier alpha value is -1.49. The molecule has 1 atom stereocenters. The van der Waals surface area contributed by atoms with Gasteiger partial charge in [0, 0.05) is 12.1 Å². The summed E-state index contributed by atoms with van der Waals surface area (Å²) in [6.45, 7) is 0. The molecule has 0 bridgehead atoms. The van der Waals surface area contributed by atoms with Crippen LogP contribution in [0.5, 0.6) is 0 Å². The summed E-state index contributed by atoms with van der Waals surface area (Å²) in [7, 11) is 0. The minimum atomic E-state index is -4.48. The van der Waals surface area contributed by atoms with E-state index in [-0.39, 0.29) is 11.4 Å². The number of hydrogen-bond acceptors (Lipinski definition) is 2. The van der Waals surface area contributed by atoms with E-state index in [1.807, 2.05) is 0 Å². The number of hydrazone groups is 1. The number of halogens is 4. The predicted octanol–water partition coefficient (Wildman–Crippen LogP) is 3.33. The molecule has 0 saturated heterocycles. The van der Waals surface area contributed by atoms with Gasteiger partial charge in [-0.15, -0.1) is 11.6 Å². The van der Waals surface area contributed by atoms with Gasteiger partial charge in [-0.25, -0.2) is 0 Å². The fourth-order valence-corrected chi connectivity index (χ4v) is 1.92. The van der Waals surface area contributed by atoms with E-state index in [9.17, 15) is 13.2 Å². The van der Waals surface area contributed by atoms with Gasteiger partial charge in [-0.3, -0.25) is 5.43 Å². The Morgan fingerprint density at radius 1 is 1.22 bits per heavy atom. The maximum atomic E-state index is 13.3. The molecular weight excluding hydrogens is 265 g/mol. The van der Waals surface area contributed by atoms with Gasteiger partial charge in [-0.2, -0.15) is 18.3 Å². The second kappa shape index (κ2) is 4.65. The Balaban J connectivity index is 2.47. The molecule has 0 aliphatic carbocycles. The van der Waals surface area contributed by atoms with Gasteiger partial charge >= 0.3 is 6.18 Å². The van der Waals surface area contributed by atoms with Crippen LogP contribution < -0.4 is 5.43 Å². The molecule has 1 unspecified atom stereocenters. The lowest BCUT2D eigenvalue weighted by molar-refractivity contribution is -0.185. The smallest absolute Gasteiger partial charge is 0.286 e. The summed E-state index contributed by atoms with van der Waals surface area (Å²) >= 11 is 5.61. The van der Waals surface area contributed by atoms with E-state index in [0.29, 0.717) is 0 Å². The van der Waals surface area contributed by atoms with E-state index in [4.69, 9.17) is 11.6 Å². The van der Waals surface area contributed by atoms with Crippen molar-refractivity contribution < 1.29 is 13.2 Å². The highest BCUT2D eigenvalue weighted by atomic mass is 35.5. The van der Waals surface area contributed by atoms with Gasteiger partial charge < -0.3 is 0 Å². The molecule has 1 aliphatic heterocycles. The molecular formula is C12H10ClF3N2. The highest BCUT2D eigenvalue weighted by molar-refractivity contribution is 6.17. The van der Waals surface area contributed by atoms with Crippen molar-refractivity contribution in [2.45, 2.75) is 17.6 Å². The molecule has 0 saturated carbocycles. The number of alkyl halides is 4. The van der Waals surface area contributed by atoms with Crippen molar-refractivity contribution in [1.29, 1.82) is 0 Å². The van der Waals surface area contributed by atoms with Crippen LogP contribution in [0.15, 0.2) is 41.5 Å². The molecule has 6 heteroatoms. The average molecular weight is 275 g/mol.